The van der Waals surface area contributed by atoms with Crippen LogP contribution in [0.25, 0.3) is 21.3 Å². The van der Waals surface area contributed by atoms with Gasteiger partial charge < -0.3 is 15.0 Å². The number of hydrogen-bond acceptors (Lipinski definition) is 6. The minimum Gasteiger partial charge on any atom is -0.496 e. The number of amides is 1. The SMILES string of the molecule is COc1ccccc1[C@H](CNC(=O)CCn1cnc2scc(-c3ccc(C)cc3)c2c1=O)N(C)C. The fourth-order valence-corrected chi connectivity index (χ4v) is 5.01. The van der Waals surface area contributed by atoms with E-state index in [1.807, 2.05) is 79.8 Å². The molecule has 0 aliphatic heterocycles. The van der Waals surface area contributed by atoms with Gasteiger partial charge in [0.05, 0.1) is 24.9 Å². The van der Waals surface area contributed by atoms with Crippen molar-refractivity contribution in [2.75, 3.05) is 27.7 Å². The van der Waals surface area contributed by atoms with Gasteiger partial charge in [-0.05, 0) is 32.6 Å². The molecule has 182 valence electrons. The molecule has 0 aliphatic carbocycles. The maximum Gasteiger partial charge on any atom is 0.262 e. The number of para-hydroxylation sites is 1. The summed E-state index contributed by atoms with van der Waals surface area (Å²) in [5.74, 6) is 0.661. The van der Waals surface area contributed by atoms with Gasteiger partial charge in [-0.15, -0.1) is 11.3 Å². The lowest BCUT2D eigenvalue weighted by Crippen LogP contribution is -2.35. The molecule has 35 heavy (non-hydrogen) atoms. The highest BCUT2D eigenvalue weighted by molar-refractivity contribution is 7.17. The zero-order valence-corrected chi connectivity index (χ0v) is 21.3. The molecule has 7 nitrogen and oxygen atoms in total. The van der Waals surface area contributed by atoms with Crippen LogP contribution in [0.4, 0.5) is 0 Å². The van der Waals surface area contributed by atoms with Gasteiger partial charge in [0.2, 0.25) is 5.91 Å². The van der Waals surface area contributed by atoms with Crippen LogP contribution in [-0.4, -0.2) is 48.1 Å². The van der Waals surface area contributed by atoms with Crippen molar-refractivity contribution < 1.29 is 9.53 Å². The van der Waals surface area contributed by atoms with E-state index in [1.165, 1.54) is 22.2 Å². The van der Waals surface area contributed by atoms with Crippen molar-refractivity contribution in [1.29, 1.82) is 0 Å². The van der Waals surface area contributed by atoms with E-state index in [0.29, 0.717) is 16.8 Å². The van der Waals surface area contributed by atoms with E-state index in [1.54, 1.807) is 7.11 Å². The molecule has 0 spiro atoms. The first-order chi connectivity index (χ1) is 16.9. The zero-order valence-electron chi connectivity index (χ0n) is 20.4. The summed E-state index contributed by atoms with van der Waals surface area (Å²) in [6.45, 7) is 2.73. The van der Waals surface area contributed by atoms with Crippen LogP contribution in [0.1, 0.15) is 23.6 Å². The van der Waals surface area contributed by atoms with Crippen molar-refractivity contribution in [2.45, 2.75) is 25.9 Å². The normalized spacial score (nSPS) is 12.1. The third kappa shape index (κ3) is 5.44. The Morgan fingerprint density at radius 2 is 1.91 bits per heavy atom. The number of hydrogen-bond donors (Lipinski definition) is 1. The Bertz CT molecular complexity index is 1380. The molecule has 1 N–H and O–H groups in total. The summed E-state index contributed by atoms with van der Waals surface area (Å²) in [7, 11) is 5.58. The molecule has 0 radical (unpaired) electrons. The summed E-state index contributed by atoms with van der Waals surface area (Å²) in [6, 6.07) is 15.9. The Balaban J connectivity index is 1.46. The number of aromatic nitrogens is 2. The van der Waals surface area contributed by atoms with Gasteiger partial charge in [0.25, 0.3) is 5.56 Å². The number of benzene rings is 2. The molecule has 4 aromatic rings. The van der Waals surface area contributed by atoms with Gasteiger partial charge in [-0.3, -0.25) is 14.2 Å². The molecule has 0 aliphatic rings. The summed E-state index contributed by atoms with van der Waals surface area (Å²) in [5, 5.41) is 5.58. The topological polar surface area (TPSA) is 76.5 Å². The summed E-state index contributed by atoms with van der Waals surface area (Å²) in [6.07, 6.45) is 1.72. The smallest absolute Gasteiger partial charge is 0.262 e. The third-order valence-corrected chi connectivity index (χ3v) is 7.00. The number of aryl methyl sites for hydroxylation is 2. The minimum absolute atomic E-state index is 0.0429. The zero-order chi connectivity index (χ0) is 24.9. The number of thiophene rings is 1. The van der Waals surface area contributed by atoms with Crippen molar-refractivity contribution in [2.24, 2.45) is 0 Å². The Morgan fingerprint density at radius 1 is 1.17 bits per heavy atom. The van der Waals surface area contributed by atoms with Crippen molar-refractivity contribution in [1.82, 2.24) is 19.8 Å². The standard InChI is InChI=1S/C27H30N4O3S/c1-18-9-11-19(12-10-18)21-16-35-26-25(21)27(33)31(17-29-26)14-13-24(32)28-15-22(30(2)3)20-7-5-6-8-23(20)34-4/h5-12,16-17,22H,13-15H2,1-4H3,(H,28,32)/t22-/m0/s1. The number of fused-ring (bicyclic) bond motifs is 1. The Labute approximate surface area is 209 Å². The maximum absolute atomic E-state index is 13.3. The first kappa shape index (κ1) is 24.6. The predicted molar refractivity (Wildman–Crippen MR) is 141 cm³/mol. The highest BCUT2D eigenvalue weighted by Crippen LogP contribution is 2.31. The molecule has 0 saturated heterocycles. The summed E-state index contributed by atoms with van der Waals surface area (Å²) < 4.78 is 7.02. The van der Waals surface area contributed by atoms with Crippen molar-refractivity contribution in [3.63, 3.8) is 0 Å². The van der Waals surface area contributed by atoms with Crippen LogP contribution >= 0.6 is 11.3 Å². The van der Waals surface area contributed by atoms with Crippen molar-refractivity contribution in [3.05, 3.63) is 81.7 Å². The minimum atomic E-state index is -0.125. The Kier molecular flexibility index (Phi) is 7.63. The molecular weight excluding hydrogens is 460 g/mol. The van der Waals surface area contributed by atoms with E-state index in [2.05, 4.69) is 10.3 Å². The summed E-state index contributed by atoms with van der Waals surface area (Å²) in [5.41, 5.74) is 3.92. The highest BCUT2D eigenvalue weighted by atomic mass is 32.1. The van der Waals surface area contributed by atoms with E-state index < -0.39 is 0 Å². The molecule has 0 bridgehead atoms. The molecule has 0 fully saturated rings. The monoisotopic (exact) mass is 490 g/mol. The average molecular weight is 491 g/mol. The highest BCUT2D eigenvalue weighted by Gasteiger charge is 2.19. The molecule has 1 amide bonds. The number of methoxy groups -OCH3 is 1. The van der Waals surface area contributed by atoms with Gasteiger partial charge in [0.1, 0.15) is 10.6 Å². The van der Waals surface area contributed by atoms with Crippen molar-refractivity contribution in [3.8, 4) is 16.9 Å². The van der Waals surface area contributed by atoms with Crippen LogP contribution in [0.5, 0.6) is 5.75 Å². The Morgan fingerprint density at radius 3 is 2.63 bits per heavy atom. The van der Waals surface area contributed by atoms with Crippen LogP contribution in [0, 0.1) is 6.92 Å². The second kappa shape index (κ2) is 10.8. The van der Waals surface area contributed by atoms with E-state index >= 15 is 0 Å². The van der Waals surface area contributed by atoms with Gasteiger partial charge in [-0.1, -0.05) is 48.0 Å². The van der Waals surface area contributed by atoms with E-state index in [4.69, 9.17) is 4.74 Å². The van der Waals surface area contributed by atoms with E-state index in [0.717, 1.165) is 28.0 Å². The largest absolute Gasteiger partial charge is 0.496 e. The molecule has 4 rings (SSSR count). The van der Waals surface area contributed by atoms with Gasteiger partial charge in [-0.2, -0.15) is 0 Å². The second-order valence-electron chi connectivity index (χ2n) is 8.71. The fourth-order valence-electron chi connectivity index (χ4n) is 4.11. The third-order valence-electron chi connectivity index (χ3n) is 6.12. The number of ether oxygens (including phenoxy) is 1. The molecule has 8 heteroatoms. The fraction of sp³-hybridized carbons (Fsp3) is 0.296. The average Bonchev–Trinajstić information content (AvgIpc) is 3.29. The molecule has 1 atom stereocenters. The van der Waals surface area contributed by atoms with Gasteiger partial charge in [0, 0.05) is 36.0 Å². The second-order valence-corrected chi connectivity index (χ2v) is 9.57. The predicted octanol–water partition coefficient (Wildman–Crippen LogP) is 4.25. The summed E-state index contributed by atoms with van der Waals surface area (Å²) >= 11 is 1.46. The lowest BCUT2D eigenvalue weighted by atomic mass is 10.0. The van der Waals surface area contributed by atoms with Crippen LogP contribution in [0.15, 0.2) is 65.0 Å². The summed E-state index contributed by atoms with van der Waals surface area (Å²) in [4.78, 5) is 33.2. The van der Waals surface area contributed by atoms with E-state index in [-0.39, 0.29) is 30.5 Å². The van der Waals surface area contributed by atoms with Gasteiger partial charge in [-0.25, -0.2) is 4.98 Å². The lowest BCUT2D eigenvalue weighted by molar-refractivity contribution is -0.121. The first-order valence-corrected chi connectivity index (χ1v) is 12.4. The molecule has 2 aromatic heterocycles. The molecule has 0 unspecified atom stereocenters. The van der Waals surface area contributed by atoms with Crippen LogP contribution in [0.2, 0.25) is 0 Å². The quantitative estimate of drug-likeness (QED) is 0.380. The maximum atomic E-state index is 13.3. The number of nitrogens with one attached hydrogen (secondary N) is 1. The van der Waals surface area contributed by atoms with Crippen molar-refractivity contribution >= 4 is 27.5 Å². The number of nitrogens with zero attached hydrogens (tertiary/aromatic N) is 3. The molecule has 2 aromatic carbocycles. The van der Waals surface area contributed by atoms with Crippen LogP contribution in [-0.2, 0) is 11.3 Å². The Hall–Kier alpha value is -3.49. The van der Waals surface area contributed by atoms with Crippen LogP contribution < -0.4 is 15.6 Å². The number of carbonyl (C=O) groups excluding carboxylic acids is 1. The lowest BCUT2D eigenvalue weighted by Gasteiger charge is -2.26. The first-order valence-electron chi connectivity index (χ1n) is 11.5. The van der Waals surface area contributed by atoms with Gasteiger partial charge >= 0.3 is 0 Å². The van der Waals surface area contributed by atoms with Crippen LogP contribution in [0.3, 0.4) is 0 Å². The number of rotatable bonds is 9. The molecule has 0 saturated carbocycles. The van der Waals surface area contributed by atoms with Gasteiger partial charge in [0.15, 0.2) is 0 Å². The molecule has 2 heterocycles. The number of carbonyl (C=O) groups is 1. The van der Waals surface area contributed by atoms with E-state index in [9.17, 15) is 9.59 Å². The molecular formula is C27H30N4O3S. The number of likely N-dealkylation sites (N-methyl/N-ethyl adjacent to an activating group) is 1.